The zero-order chi connectivity index (χ0) is 13.5. The quantitative estimate of drug-likeness (QED) is 0.798. The highest BCUT2D eigenvalue weighted by atomic mass is 16.5. The average molecular weight is 262 g/mol. The third-order valence-corrected chi connectivity index (χ3v) is 3.49. The van der Waals surface area contributed by atoms with Crippen LogP contribution in [0.3, 0.4) is 0 Å². The van der Waals surface area contributed by atoms with Crippen LogP contribution in [-0.2, 0) is 0 Å². The van der Waals surface area contributed by atoms with Crippen LogP contribution in [-0.4, -0.2) is 32.8 Å². The predicted octanol–water partition coefficient (Wildman–Crippen LogP) is 2.91. The van der Waals surface area contributed by atoms with E-state index in [1.54, 1.807) is 0 Å². The van der Waals surface area contributed by atoms with Gasteiger partial charge in [-0.15, -0.1) is 0 Å². The number of hydrogen-bond acceptors (Lipinski definition) is 3. The minimum atomic E-state index is 0.778. The monoisotopic (exact) mass is 262 g/mol. The Morgan fingerprint density at radius 1 is 1.26 bits per heavy atom. The number of fused-ring (bicyclic) bond motifs is 1. The minimum absolute atomic E-state index is 0.778. The van der Waals surface area contributed by atoms with E-state index in [1.165, 1.54) is 12.1 Å². The van der Waals surface area contributed by atoms with E-state index in [0.717, 1.165) is 50.9 Å². The summed E-state index contributed by atoms with van der Waals surface area (Å²) in [5.74, 6) is 1.81. The lowest BCUT2D eigenvalue weighted by molar-refractivity contribution is 0.322. The fraction of sp³-hybridized carbons (Fsp3) is 0.625. The first-order valence-electron chi connectivity index (χ1n) is 7.45. The number of para-hydroxylation sites is 2. The second-order valence-electron chi connectivity index (χ2n) is 5.59. The number of ether oxygens (including phenoxy) is 1. The van der Waals surface area contributed by atoms with Gasteiger partial charge in [-0.3, -0.25) is 0 Å². The largest absolute Gasteiger partial charge is 0.491 e. The van der Waals surface area contributed by atoms with Crippen LogP contribution in [0.2, 0.25) is 0 Å². The Balaban J connectivity index is 1.83. The molecule has 1 heterocycles. The minimum Gasteiger partial charge on any atom is -0.491 e. The summed E-state index contributed by atoms with van der Waals surface area (Å²) in [6, 6.07) is 8.37. The topological polar surface area (TPSA) is 24.5 Å². The second kappa shape index (κ2) is 7.39. The van der Waals surface area contributed by atoms with Crippen molar-refractivity contribution in [1.29, 1.82) is 0 Å². The van der Waals surface area contributed by atoms with Crippen LogP contribution >= 0.6 is 0 Å². The van der Waals surface area contributed by atoms with Crippen LogP contribution in [0.25, 0.3) is 0 Å². The number of hydrogen-bond donors (Lipinski definition) is 1. The molecule has 106 valence electrons. The molecule has 0 unspecified atom stereocenters. The lowest BCUT2D eigenvalue weighted by Gasteiger charge is -2.24. The van der Waals surface area contributed by atoms with Crippen molar-refractivity contribution < 1.29 is 4.74 Å². The Hall–Kier alpha value is -1.22. The van der Waals surface area contributed by atoms with Gasteiger partial charge in [0, 0.05) is 19.6 Å². The van der Waals surface area contributed by atoms with Gasteiger partial charge in [-0.2, -0.15) is 0 Å². The van der Waals surface area contributed by atoms with Crippen molar-refractivity contribution in [2.75, 3.05) is 37.7 Å². The molecule has 19 heavy (non-hydrogen) atoms. The molecule has 0 spiro atoms. The summed E-state index contributed by atoms with van der Waals surface area (Å²) in [6.07, 6.45) is 2.35. The third-order valence-electron chi connectivity index (χ3n) is 3.49. The Bertz CT molecular complexity index is 379. The normalized spacial score (nSPS) is 15.0. The Labute approximate surface area is 116 Å². The smallest absolute Gasteiger partial charge is 0.142 e. The van der Waals surface area contributed by atoms with Gasteiger partial charge in [0.05, 0.1) is 12.3 Å². The van der Waals surface area contributed by atoms with Gasteiger partial charge < -0.3 is 15.0 Å². The van der Waals surface area contributed by atoms with Crippen LogP contribution in [0.4, 0.5) is 5.69 Å². The van der Waals surface area contributed by atoms with E-state index in [0.29, 0.717) is 0 Å². The van der Waals surface area contributed by atoms with E-state index in [1.807, 2.05) is 6.07 Å². The first-order chi connectivity index (χ1) is 9.27. The molecule has 1 N–H and O–H groups in total. The highest BCUT2D eigenvalue weighted by Gasteiger charge is 2.14. The number of rotatable bonds is 6. The number of benzene rings is 1. The van der Waals surface area contributed by atoms with Crippen molar-refractivity contribution in [3.63, 3.8) is 0 Å². The van der Waals surface area contributed by atoms with E-state index in [2.05, 4.69) is 42.3 Å². The molecular formula is C16H26N2O. The SMILES string of the molecule is CC(C)CCNCCN1CCCOc2ccccc21. The second-order valence-corrected chi connectivity index (χ2v) is 5.59. The highest BCUT2D eigenvalue weighted by molar-refractivity contribution is 5.58. The van der Waals surface area contributed by atoms with Crippen LogP contribution in [0.1, 0.15) is 26.7 Å². The van der Waals surface area contributed by atoms with Crippen molar-refractivity contribution in [3.8, 4) is 5.75 Å². The summed E-state index contributed by atoms with van der Waals surface area (Å²) in [5.41, 5.74) is 1.24. The molecular weight excluding hydrogens is 236 g/mol. The molecule has 3 heteroatoms. The van der Waals surface area contributed by atoms with Gasteiger partial charge in [-0.1, -0.05) is 26.0 Å². The van der Waals surface area contributed by atoms with Gasteiger partial charge in [0.15, 0.2) is 0 Å². The maximum absolute atomic E-state index is 5.78. The Morgan fingerprint density at radius 2 is 2.11 bits per heavy atom. The Morgan fingerprint density at radius 3 is 2.95 bits per heavy atom. The summed E-state index contributed by atoms with van der Waals surface area (Å²) in [5, 5.41) is 3.53. The van der Waals surface area contributed by atoms with E-state index < -0.39 is 0 Å². The molecule has 0 atom stereocenters. The standard InChI is InChI=1S/C16H26N2O/c1-14(2)8-9-17-10-12-18-11-5-13-19-16-7-4-3-6-15(16)18/h3-4,6-7,14,17H,5,8-13H2,1-2H3. The van der Waals surface area contributed by atoms with Crippen molar-refractivity contribution >= 4 is 5.69 Å². The molecule has 1 aliphatic heterocycles. The van der Waals surface area contributed by atoms with Gasteiger partial charge in [0.2, 0.25) is 0 Å². The van der Waals surface area contributed by atoms with E-state index in [-0.39, 0.29) is 0 Å². The van der Waals surface area contributed by atoms with Crippen molar-refractivity contribution in [3.05, 3.63) is 24.3 Å². The first kappa shape index (κ1) is 14.2. The molecule has 0 saturated heterocycles. The number of nitrogens with zero attached hydrogens (tertiary/aromatic N) is 1. The van der Waals surface area contributed by atoms with E-state index >= 15 is 0 Å². The van der Waals surface area contributed by atoms with Crippen molar-refractivity contribution in [2.24, 2.45) is 5.92 Å². The van der Waals surface area contributed by atoms with Crippen LogP contribution in [0.5, 0.6) is 5.75 Å². The average Bonchev–Trinajstić information content (AvgIpc) is 2.61. The van der Waals surface area contributed by atoms with Gasteiger partial charge in [-0.25, -0.2) is 0 Å². The zero-order valence-corrected chi connectivity index (χ0v) is 12.2. The summed E-state index contributed by atoms with van der Waals surface area (Å²) in [6.45, 7) is 9.66. The zero-order valence-electron chi connectivity index (χ0n) is 12.2. The molecule has 1 aromatic rings. The van der Waals surface area contributed by atoms with Gasteiger partial charge in [0.1, 0.15) is 5.75 Å². The molecule has 1 aliphatic rings. The molecule has 0 saturated carbocycles. The van der Waals surface area contributed by atoms with Gasteiger partial charge >= 0.3 is 0 Å². The molecule has 0 amide bonds. The molecule has 0 aliphatic carbocycles. The predicted molar refractivity (Wildman–Crippen MR) is 81.1 cm³/mol. The van der Waals surface area contributed by atoms with E-state index in [4.69, 9.17) is 4.74 Å². The summed E-state index contributed by atoms with van der Waals surface area (Å²) in [4.78, 5) is 2.44. The molecule has 0 fully saturated rings. The maximum atomic E-state index is 5.78. The molecule has 0 aromatic heterocycles. The highest BCUT2D eigenvalue weighted by Crippen LogP contribution is 2.29. The fourth-order valence-electron chi connectivity index (χ4n) is 2.36. The van der Waals surface area contributed by atoms with Crippen LogP contribution in [0, 0.1) is 5.92 Å². The van der Waals surface area contributed by atoms with Crippen LogP contribution < -0.4 is 15.0 Å². The summed E-state index contributed by atoms with van der Waals surface area (Å²) in [7, 11) is 0. The molecule has 0 radical (unpaired) electrons. The van der Waals surface area contributed by atoms with E-state index in [9.17, 15) is 0 Å². The number of nitrogens with one attached hydrogen (secondary N) is 1. The summed E-state index contributed by atoms with van der Waals surface area (Å²) >= 11 is 0. The first-order valence-corrected chi connectivity index (χ1v) is 7.45. The molecule has 0 bridgehead atoms. The number of anilines is 1. The van der Waals surface area contributed by atoms with Crippen molar-refractivity contribution in [1.82, 2.24) is 5.32 Å². The molecule has 2 rings (SSSR count). The lowest BCUT2D eigenvalue weighted by Crippen LogP contribution is -2.33. The lowest BCUT2D eigenvalue weighted by atomic mass is 10.1. The summed E-state index contributed by atoms with van der Waals surface area (Å²) < 4.78 is 5.78. The third kappa shape index (κ3) is 4.43. The fourth-order valence-corrected chi connectivity index (χ4v) is 2.36. The molecule has 3 nitrogen and oxygen atoms in total. The van der Waals surface area contributed by atoms with Crippen LogP contribution in [0.15, 0.2) is 24.3 Å². The maximum Gasteiger partial charge on any atom is 0.142 e. The van der Waals surface area contributed by atoms with Gasteiger partial charge in [-0.05, 0) is 37.4 Å². The van der Waals surface area contributed by atoms with Crippen molar-refractivity contribution in [2.45, 2.75) is 26.7 Å². The van der Waals surface area contributed by atoms with Gasteiger partial charge in [0.25, 0.3) is 0 Å². The molecule has 1 aromatic carbocycles. The Kier molecular flexibility index (Phi) is 5.52.